The normalized spacial score (nSPS) is 19.3. The quantitative estimate of drug-likeness (QED) is 0.534. The molecule has 188 valence electrons. The van der Waals surface area contributed by atoms with E-state index < -0.39 is 5.60 Å². The van der Waals surface area contributed by atoms with Crippen molar-refractivity contribution >= 4 is 11.9 Å². The lowest BCUT2D eigenvalue weighted by atomic mass is 10.1. The molecule has 2 fully saturated rings. The van der Waals surface area contributed by atoms with E-state index in [-0.39, 0.29) is 17.7 Å². The number of hydrogen-bond acceptors (Lipinski definition) is 6. The SMILES string of the molecule is CC(C)(C)OC(=O)N1CCC2CN(c3ccc(-n4ccc(OCc5ccccc5)cc4=O)cn3)CC21. The molecule has 2 unspecified atom stereocenters. The third-order valence-corrected chi connectivity index (χ3v) is 6.65. The van der Waals surface area contributed by atoms with Gasteiger partial charge in [-0.15, -0.1) is 0 Å². The van der Waals surface area contributed by atoms with Crippen LogP contribution in [0.15, 0.2) is 71.8 Å². The predicted molar refractivity (Wildman–Crippen MR) is 138 cm³/mol. The van der Waals surface area contributed by atoms with E-state index in [4.69, 9.17) is 9.47 Å². The lowest BCUT2D eigenvalue weighted by Crippen LogP contribution is -2.42. The van der Waals surface area contributed by atoms with Crippen molar-refractivity contribution in [1.82, 2.24) is 14.5 Å². The van der Waals surface area contributed by atoms with Gasteiger partial charge in [-0.05, 0) is 51.0 Å². The number of hydrogen-bond donors (Lipinski definition) is 0. The molecular weight excluding hydrogens is 456 g/mol. The minimum atomic E-state index is -0.505. The number of aromatic nitrogens is 2. The van der Waals surface area contributed by atoms with Gasteiger partial charge in [0.25, 0.3) is 5.56 Å². The van der Waals surface area contributed by atoms with Gasteiger partial charge in [-0.3, -0.25) is 9.36 Å². The summed E-state index contributed by atoms with van der Waals surface area (Å²) in [6.45, 7) is 8.39. The van der Waals surface area contributed by atoms with Crippen LogP contribution in [0.3, 0.4) is 0 Å². The second kappa shape index (κ2) is 9.68. The Balaban J connectivity index is 1.23. The van der Waals surface area contributed by atoms with Gasteiger partial charge in [0.2, 0.25) is 0 Å². The van der Waals surface area contributed by atoms with Gasteiger partial charge in [0.15, 0.2) is 0 Å². The molecule has 2 aliphatic rings. The molecule has 0 aliphatic carbocycles. The van der Waals surface area contributed by atoms with Crippen molar-refractivity contribution in [2.24, 2.45) is 5.92 Å². The number of carbonyl (C=O) groups excluding carboxylic acids is 1. The van der Waals surface area contributed by atoms with Gasteiger partial charge in [-0.25, -0.2) is 9.78 Å². The molecule has 4 heterocycles. The van der Waals surface area contributed by atoms with Gasteiger partial charge >= 0.3 is 6.09 Å². The first kappa shape index (κ1) is 23.9. The van der Waals surface area contributed by atoms with Crippen molar-refractivity contribution in [3.63, 3.8) is 0 Å². The molecule has 1 aromatic carbocycles. The Labute approximate surface area is 211 Å². The molecule has 2 saturated heterocycles. The zero-order chi connectivity index (χ0) is 25.3. The van der Waals surface area contributed by atoms with E-state index in [2.05, 4.69) is 9.88 Å². The summed E-state index contributed by atoms with van der Waals surface area (Å²) in [6.07, 6.45) is 4.14. The maximum Gasteiger partial charge on any atom is 0.410 e. The average molecular weight is 489 g/mol. The van der Waals surface area contributed by atoms with E-state index in [0.717, 1.165) is 37.4 Å². The lowest BCUT2D eigenvalue weighted by Gasteiger charge is -2.28. The Morgan fingerprint density at radius 2 is 1.89 bits per heavy atom. The fraction of sp³-hybridized carbons (Fsp3) is 0.393. The minimum Gasteiger partial charge on any atom is -0.489 e. The van der Waals surface area contributed by atoms with Crippen LogP contribution in [-0.2, 0) is 11.3 Å². The highest BCUT2D eigenvalue weighted by atomic mass is 16.6. The third-order valence-electron chi connectivity index (χ3n) is 6.65. The number of ether oxygens (including phenoxy) is 2. The van der Waals surface area contributed by atoms with Gasteiger partial charge in [0.05, 0.1) is 17.9 Å². The number of fused-ring (bicyclic) bond motifs is 1. The second-order valence-electron chi connectivity index (χ2n) is 10.4. The number of rotatable bonds is 5. The van der Waals surface area contributed by atoms with Crippen molar-refractivity contribution in [1.29, 1.82) is 0 Å². The standard InChI is InChI=1S/C28H32N4O4/c1-28(2,3)36-27(34)32-13-11-21-17-30(18-24(21)32)25-10-9-22(16-29-25)31-14-12-23(15-26(31)33)35-19-20-7-5-4-6-8-20/h4-10,12,14-16,21,24H,11,13,17-19H2,1-3H3. The van der Waals surface area contributed by atoms with E-state index >= 15 is 0 Å². The first-order chi connectivity index (χ1) is 17.3. The number of anilines is 1. The monoisotopic (exact) mass is 488 g/mol. The molecule has 2 aromatic heterocycles. The molecular formula is C28H32N4O4. The zero-order valence-electron chi connectivity index (χ0n) is 21.0. The van der Waals surface area contributed by atoms with Crippen molar-refractivity contribution in [2.75, 3.05) is 24.5 Å². The fourth-order valence-corrected chi connectivity index (χ4v) is 4.91. The Morgan fingerprint density at radius 1 is 1.08 bits per heavy atom. The fourth-order valence-electron chi connectivity index (χ4n) is 4.91. The summed E-state index contributed by atoms with van der Waals surface area (Å²) in [4.78, 5) is 34.1. The van der Waals surface area contributed by atoms with Crippen LogP contribution in [0, 0.1) is 5.92 Å². The van der Waals surface area contributed by atoms with Crippen LogP contribution in [0.25, 0.3) is 5.69 Å². The van der Waals surface area contributed by atoms with Crippen molar-refractivity contribution in [3.8, 4) is 11.4 Å². The molecule has 8 heteroatoms. The minimum absolute atomic E-state index is 0.132. The Bertz CT molecular complexity index is 1270. The number of likely N-dealkylation sites (tertiary alicyclic amines) is 1. The smallest absolute Gasteiger partial charge is 0.410 e. The Morgan fingerprint density at radius 3 is 2.58 bits per heavy atom. The molecule has 8 nitrogen and oxygen atoms in total. The highest BCUT2D eigenvalue weighted by molar-refractivity contribution is 5.69. The second-order valence-corrected chi connectivity index (χ2v) is 10.4. The van der Waals surface area contributed by atoms with Crippen LogP contribution < -0.4 is 15.2 Å². The summed E-state index contributed by atoms with van der Waals surface area (Å²) in [5.74, 6) is 1.78. The van der Waals surface area contributed by atoms with Crippen molar-refractivity contribution in [3.05, 3.63) is 82.9 Å². The molecule has 2 aliphatic heterocycles. The summed E-state index contributed by atoms with van der Waals surface area (Å²) >= 11 is 0. The van der Waals surface area contributed by atoms with Gasteiger partial charge < -0.3 is 19.3 Å². The topological polar surface area (TPSA) is 76.9 Å². The summed E-state index contributed by atoms with van der Waals surface area (Å²) in [7, 11) is 0. The molecule has 0 spiro atoms. The van der Waals surface area contributed by atoms with Crippen LogP contribution in [0.1, 0.15) is 32.8 Å². The Hall–Kier alpha value is -3.81. The number of carbonyl (C=O) groups is 1. The van der Waals surface area contributed by atoms with Crippen molar-refractivity contribution in [2.45, 2.75) is 45.4 Å². The van der Waals surface area contributed by atoms with E-state index in [1.807, 2.05) is 68.1 Å². The molecule has 3 aromatic rings. The average Bonchev–Trinajstić information content (AvgIpc) is 3.44. The zero-order valence-corrected chi connectivity index (χ0v) is 21.0. The molecule has 0 radical (unpaired) electrons. The number of benzene rings is 1. The molecule has 5 rings (SSSR count). The number of nitrogens with zero attached hydrogens (tertiary/aromatic N) is 4. The van der Waals surface area contributed by atoms with Gasteiger partial charge in [-0.2, -0.15) is 0 Å². The molecule has 2 atom stereocenters. The van der Waals surface area contributed by atoms with E-state index in [0.29, 0.717) is 24.0 Å². The summed E-state index contributed by atoms with van der Waals surface area (Å²) in [5, 5.41) is 0. The van der Waals surface area contributed by atoms with Gasteiger partial charge in [-0.1, -0.05) is 30.3 Å². The predicted octanol–water partition coefficient (Wildman–Crippen LogP) is 4.26. The molecule has 36 heavy (non-hydrogen) atoms. The van der Waals surface area contributed by atoms with Crippen LogP contribution in [0.4, 0.5) is 10.6 Å². The van der Waals surface area contributed by atoms with E-state index in [1.165, 1.54) is 6.07 Å². The number of pyridine rings is 2. The number of amides is 1. The largest absolute Gasteiger partial charge is 0.489 e. The van der Waals surface area contributed by atoms with Crippen LogP contribution in [0.5, 0.6) is 5.75 Å². The summed E-state index contributed by atoms with van der Waals surface area (Å²) in [5.41, 5.74) is 1.04. The van der Waals surface area contributed by atoms with Gasteiger partial charge in [0, 0.05) is 37.8 Å². The van der Waals surface area contributed by atoms with Crippen molar-refractivity contribution < 1.29 is 14.3 Å². The maximum atomic E-state index is 12.7. The third kappa shape index (κ3) is 5.22. The first-order valence-corrected chi connectivity index (χ1v) is 12.4. The first-order valence-electron chi connectivity index (χ1n) is 12.4. The maximum absolute atomic E-state index is 12.7. The molecule has 0 bridgehead atoms. The summed E-state index contributed by atoms with van der Waals surface area (Å²) < 4.78 is 12.9. The highest BCUT2D eigenvalue weighted by Gasteiger charge is 2.45. The van der Waals surface area contributed by atoms with Gasteiger partial charge in [0.1, 0.15) is 23.8 Å². The molecule has 0 saturated carbocycles. The van der Waals surface area contributed by atoms with E-state index in [9.17, 15) is 9.59 Å². The lowest BCUT2D eigenvalue weighted by molar-refractivity contribution is 0.0229. The molecule has 0 N–H and O–H groups in total. The molecule has 1 amide bonds. The summed E-state index contributed by atoms with van der Waals surface area (Å²) in [6, 6.07) is 17.1. The Kier molecular flexibility index (Phi) is 6.43. The highest BCUT2D eigenvalue weighted by Crippen LogP contribution is 2.34. The van der Waals surface area contributed by atoms with Crippen LogP contribution >= 0.6 is 0 Å². The van der Waals surface area contributed by atoms with Crippen LogP contribution in [-0.4, -0.2) is 51.8 Å². The van der Waals surface area contributed by atoms with E-state index in [1.54, 1.807) is 23.0 Å². The van der Waals surface area contributed by atoms with Crippen LogP contribution in [0.2, 0.25) is 0 Å².